The number of hydrogen-bond acceptors (Lipinski definition) is 1. The molecule has 0 spiro atoms. The average molecular weight is 177 g/mol. The predicted molar refractivity (Wildman–Crippen MR) is 61.4 cm³/mol. The topological polar surface area (TPSA) is 12.4 Å². The van der Waals surface area contributed by atoms with Crippen LogP contribution in [0.15, 0.2) is 39.9 Å². The molecule has 0 aromatic carbocycles. The Morgan fingerprint density at radius 3 is 2.08 bits per heavy atom. The molecule has 0 atom stereocenters. The van der Waals surface area contributed by atoms with Crippen molar-refractivity contribution in [1.29, 1.82) is 0 Å². The Morgan fingerprint density at radius 2 is 1.77 bits per heavy atom. The van der Waals surface area contributed by atoms with E-state index in [-0.39, 0.29) is 0 Å². The summed E-state index contributed by atoms with van der Waals surface area (Å²) in [6.45, 7) is 12.2. The first-order valence-corrected chi connectivity index (χ1v) is 4.46. The third kappa shape index (κ3) is 3.41. The van der Waals surface area contributed by atoms with Crippen LogP contribution in [0.5, 0.6) is 0 Å². The van der Waals surface area contributed by atoms with Crippen molar-refractivity contribution in [2.45, 2.75) is 27.7 Å². The minimum absolute atomic E-state index is 1.06. The molecule has 0 aliphatic heterocycles. The van der Waals surface area contributed by atoms with Crippen molar-refractivity contribution in [3.8, 4) is 0 Å². The van der Waals surface area contributed by atoms with Crippen LogP contribution in [0.4, 0.5) is 0 Å². The standard InChI is InChI=1S/C12H19N/c1-7-10(4)11(5)12(8-13-6)9(2)3/h7-8H,2H2,1,3-6H3/b10-7-,12-11-,13-8?. The maximum Gasteiger partial charge on any atom is 0.0286 e. The van der Waals surface area contributed by atoms with Crippen LogP contribution in [-0.2, 0) is 0 Å². The summed E-state index contributed by atoms with van der Waals surface area (Å²) >= 11 is 0. The highest BCUT2D eigenvalue weighted by Crippen LogP contribution is 2.17. The van der Waals surface area contributed by atoms with Crippen molar-refractivity contribution in [2.24, 2.45) is 4.99 Å². The van der Waals surface area contributed by atoms with Crippen LogP contribution >= 0.6 is 0 Å². The number of rotatable bonds is 3. The van der Waals surface area contributed by atoms with Crippen LogP contribution in [-0.4, -0.2) is 13.3 Å². The van der Waals surface area contributed by atoms with Crippen molar-refractivity contribution in [3.05, 3.63) is 34.9 Å². The molecule has 0 saturated heterocycles. The van der Waals surface area contributed by atoms with Gasteiger partial charge < -0.3 is 0 Å². The van der Waals surface area contributed by atoms with E-state index < -0.39 is 0 Å². The zero-order valence-electron chi connectivity index (χ0n) is 9.31. The molecule has 0 fully saturated rings. The smallest absolute Gasteiger partial charge is 0.0286 e. The van der Waals surface area contributed by atoms with Crippen LogP contribution in [0.1, 0.15) is 27.7 Å². The van der Waals surface area contributed by atoms with Gasteiger partial charge in [-0.15, -0.1) is 0 Å². The fourth-order valence-electron chi connectivity index (χ4n) is 1.09. The molecule has 1 heteroatoms. The van der Waals surface area contributed by atoms with Gasteiger partial charge in [-0.2, -0.15) is 0 Å². The van der Waals surface area contributed by atoms with Crippen molar-refractivity contribution >= 4 is 6.21 Å². The van der Waals surface area contributed by atoms with E-state index >= 15 is 0 Å². The summed E-state index contributed by atoms with van der Waals surface area (Å²) in [6.07, 6.45) is 3.96. The minimum Gasteiger partial charge on any atom is -0.296 e. The van der Waals surface area contributed by atoms with E-state index in [4.69, 9.17) is 0 Å². The van der Waals surface area contributed by atoms with E-state index in [0.29, 0.717) is 0 Å². The van der Waals surface area contributed by atoms with Gasteiger partial charge in [-0.25, -0.2) is 0 Å². The Labute approximate surface area is 81.6 Å². The van der Waals surface area contributed by atoms with Gasteiger partial charge in [-0.3, -0.25) is 4.99 Å². The molecule has 0 unspecified atom stereocenters. The molecule has 0 amide bonds. The highest BCUT2D eigenvalue weighted by molar-refractivity contribution is 5.86. The molecule has 0 saturated carbocycles. The van der Waals surface area contributed by atoms with Gasteiger partial charge in [0.25, 0.3) is 0 Å². The number of aliphatic imine (C=N–C) groups is 1. The van der Waals surface area contributed by atoms with Crippen LogP contribution in [0.25, 0.3) is 0 Å². The maximum atomic E-state index is 4.02. The second kappa shape index (κ2) is 5.52. The Balaban J connectivity index is 5.21. The van der Waals surface area contributed by atoms with E-state index in [1.54, 1.807) is 7.05 Å². The lowest BCUT2D eigenvalue weighted by molar-refractivity contribution is 1.28. The monoisotopic (exact) mass is 177 g/mol. The van der Waals surface area contributed by atoms with E-state index in [1.807, 2.05) is 20.1 Å². The third-order valence-electron chi connectivity index (χ3n) is 2.15. The summed E-state index contributed by atoms with van der Waals surface area (Å²) in [7, 11) is 1.78. The van der Waals surface area contributed by atoms with E-state index in [0.717, 1.165) is 11.1 Å². The van der Waals surface area contributed by atoms with Gasteiger partial charge >= 0.3 is 0 Å². The van der Waals surface area contributed by atoms with E-state index in [1.165, 1.54) is 11.1 Å². The molecule has 13 heavy (non-hydrogen) atoms. The fourth-order valence-corrected chi connectivity index (χ4v) is 1.09. The second-order valence-corrected chi connectivity index (χ2v) is 3.18. The van der Waals surface area contributed by atoms with Crippen molar-refractivity contribution in [3.63, 3.8) is 0 Å². The van der Waals surface area contributed by atoms with Gasteiger partial charge in [-0.1, -0.05) is 18.2 Å². The van der Waals surface area contributed by atoms with Gasteiger partial charge in [-0.05, 0) is 44.4 Å². The number of allylic oxidation sites excluding steroid dienone is 5. The molecule has 0 aromatic heterocycles. The summed E-state index contributed by atoms with van der Waals surface area (Å²) in [5.41, 5.74) is 4.72. The lowest BCUT2D eigenvalue weighted by Crippen LogP contribution is -1.93. The van der Waals surface area contributed by atoms with Crippen molar-refractivity contribution < 1.29 is 0 Å². The molecule has 0 aliphatic carbocycles. The molecule has 0 aromatic rings. The predicted octanol–water partition coefficient (Wildman–Crippen LogP) is 3.55. The van der Waals surface area contributed by atoms with Gasteiger partial charge in [0, 0.05) is 13.3 Å². The summed E-state index contributed by atoms with van der Waals surface area (Å²) in [6, 6.07) is 0. The molecular formula is C12H19N. The highest BCUT2D eigenvalue weighted by atomic mass is 14.6. The lowest BCUT2D eigenvalue weighted by atomic mass is 9.99. The molecule has 72 valence electrons. The molecule has 0 aliphatic rings. The number of nitrogens with zero attached hydrogens (tertiary/aromatic N) is 1. The first-order chi connectivity index (χ1) is 6.04. The SMILES string of the molecule is C=C(C)/C(C=NC)=C(C)\C(C)=C/C. The molecule has 0 rings (SSSR count). The summed E-state index contributed by atoms with van der Waals surface area (Å²) < 4.78 is 0. The second-order valence-electron chi connectivity index (χ2n) is 3.18. The normalized spacial score (nSPS) is 14.7. The van der Waals surface area contributed by atoms with Crippen molar-refractivity contribution in [2.75, 3.05) is 7.05 Å². The Kier molecular flexibility index (Phi) is 5.05. The summed E-state index contributed by atoms with van der Waals surface area (Å²) in [5.74, 6) is 0. The van der Waals surface area contributed by atoms with E-state index in [9.17, 15) is 0 Å². The van der Waals surface area contributed by atoms with Gasteiger partial charge in [0.05, 0.1) is 0 Å². The minimum atomic E-state index is 1.06. The van der Waals surface area contributed by atoms with Crippen LogP contribution in [0.2, 0.25) is 0 Å². The van der Waals surface area contributed by atoms with Gasteiger partial charge in [0.15, 0.2) is 0 Å². The molecule has 0 bridgehead atoms. The zero-order chi connectivity index (χ0) is 10.4. The van der Waals surface area contributed by atoms with Crippen molar-refractivity contribution in [1.82, 2.24) is 0 Å². The molecular weight excluding hydrogens is 158 g/mol. The Bertz CT molecular complexity index is 277. The highest BCUT2D eigenvalue weighted by Gasteiger charge is 2.01. The van der Waals surface area contributed by atoms with Gasteiger partial charge in [0.1, 0.15) is 0 Å². The lowest BCUT2D eigenvalue weighted by Gasteiger charge is -2.07. The number of hydrogen-bond donors (Lipinski definition) is 0. The molecule has 0 heterocycles. The Morgan fingerprint density at radius 1 is 1.23 bits per heavy atom. The first-order valence-electron chi connectivity index (χ1n) is 4.46. The fraction of sp³-hybridized carbons (Fsp3) is 0.417. The molecule has 1 nitrogen and oxygen atoms in total. The molecule has 0 radical (unpaired) electrons. The summed E-state index contributed by atoms with van der Waals surface area (Å²) in [4.78, 5) is 4.02. The van der Waals surface area contributed by atoms with Crippen LogP contribution in [0, 0.1) is 0 Å². The van der Waals surface area contributed by atoms with Crippen LogP contribution in [0.3, 0.4) is 0 Å². The Hall–Kier alpha value is -1.11. The average Bonchev–Trinajstić information content (AvgIpc) is 2.11. The van der Waals surface area contributed by atoms with E-state index in [2.05, 4.69) is 31.5 Å². The zero-order valence-corrected chi connectivity index (χ0v) is 9.31. The first kappa shape index (κ1) is 11.9. The maximum absolute atomic E-state index is 4.02. The largest absolute Gasteiger partial charge is 0.296 e. The molecule has 0 N–H and O–H groups in total. The summed E-state index contributed by atoms with van der Waals surface area (Å²) in [5, 5.41) is 0. The quantitative estimate of drug-likeness (QED) is 0.462. The van der Waals surface area contributed by atoms with Crippen LogP contribution < -0.4 is 0 Å². The third-order valence-corrected chi connectivity index (χ3v) is 2.15. The van der Waals surface area contributed by atoms with Gasteiger partial charge in [0.2, 0.25) is 0 Å².